The predicted molar refractivity (Wildman–Crippen MR) is 73.2 cm³/mol. The second-order valence-electron chi connectivity index (χ2n) is 5.68. The van der Waals surface area contributed by atoms with E-state index >= 15 is 0 Å². The van der Waals surface area contributed by atoms with E-state index in [4.69, 9.17) is 5.11 Å². The standard InChI is InChI=1S/C14H30N2O/c1-4-15-13(8-10-17)11-16(14-5-6-14)9-7-12(2)3/h12-15,17H,4-11H2,1-3H3. The summed E-state index contributed by atoms with van der Waals surface area (Å²) in [4.78, 5) is 2.63. The third-order valence-corrected chi connectivity index (χ3v) is 3.48. The molecule has 0 spiro atoms. The normalized spacial score (nSPS) is 18.0. The van der Waals surface area contributed by atoms with E-state index < -0.39 is 0 Å². The van der Waals surface area contributed by atoms with Crippen molar-refractivity contribution in [1.29, 1.82) is 0 Å². The van der Waals surface area contributed by atoms with E-state index in [0.29, 0.717) is 12.6 Å². The molecule has 2 N–H and O–H groups in total. The second-order valence-corrected chi connectivity index (χ2v) is 5.68. The number of hydrogen-bond acceptors (Lipinski definition) is 3. The Labute approximate surface area is 107 Å². The molecule has 0 amide bonds. The Morgan fingerprint density at radius 1 is 1.29 bits per heavy atom. The summed E-state index contributed by atoms with van der Waals surface area (Å²) in [5.74, 6) is 0.784. The zero-order chi connectivity index (χ0) is 12.7. The zero-order valence-corrected chi connectivity index (χ0v) is 11.8. The Morgan fingerprint density at radius 2 is 2.00 bits per heavy atom. The van der Waals surface area contributed by atoms with Gasteiger partial charge in [0.1, 0.15) is 0 Å². The topological polar surface area (TPSA) is 35.5 Å². The van der Waals surface area contributed by atoms with Crippen molar-refractivity contribution < 1.29 is 5.11 Å². The molecule has 0 aromatic carbocycles. The van der Waals surface area contributed by atoms with E-state index in [2.05, 4.69) is 31.0 Å². The maximum Gasteiger partial charge on any atom is 0.0446 e. The third kappa shape index (κ3) is 6.39. The van der Waals surface area contributed by atoms with E-state index in [-0.39, 0.29) is 0 Å². The van der Waals surface area contributed by atoms with Crippen molar-refractivity contribution in [3.8, 4) is 0 Å². The lowest BCUT2D eigenvalue weighted by molar-refractivity contribution is 0.195. The van der Waals surface area contributed by atoms with Crippen molar-refractivity contribution in [3.05, 3.63) is 0 Å². The molecule has 17 heavy (non-hydrogen) atoms. The summed E-state index contributed by atoms with van der Waals surface area (Å²) in [5, 5.41) is 12.6. The number of nitrogens with one attached hydrogen (secondary N) is 1. The minimum Gasteiger partial charge on any atom is -0.396 e. The molecule has 0 saturated heterocycles. The quantitative estimate of drug-likeness (QED) is 0.614. The molecular formula is C14H30N2O. The highest BCUT2D eigenvalue weighted by atomic mass is 16.3. The summed E-state index contributed by atoms with van der Waals surface area (Å²) in [6, 6.07) is 1.28. The summed E-state index contributed by atoms with van der Waals surface area (Å²) in [7, 11) is 0. The average Bonchev–Trinajstić information content (AvgIpc) is 3.08. The van der Waals surface area contributed by atoms with Gasteiger partial charge in [0.25, 0.3) is 0 Å². The second kappa shape index (κ2) is 8.06. The lowest BCUT2D eigenvalue weighted by atomic mass is 10.1. The van der Waals surface area contributed by atoms with Gasteiger partial charge >= 0.3 is 0 Å². The largest absolute Gasteiger partial charge is 0.396 e. The van der Waals surface area contributed by atoms with Gasteiger partial charge in [0.15, 0.2) is 0 Å². The Kier molecular flexibility index (Phi) is 7.09. The molecule has 1 aliphatic carbocycles. The van der Waals surface area contributed by atoms with Gasteiger partial charge in [0, 0.05) is 25.2 Å². The molecule has 1 saturated carbocycles. The molecule has 0 aromatic rings. The molecular weight excluding hydrogens is 212 g/mol. The van der Waals surface area contributed by atoms with E-state index in [1.54, 1.807) is 0 Å². The first kappa shape index (κ1) is 14.9. The molecule has 0 aliphatic heterocycles. The van der Waals surface area contributed by atoms with Crippen molar-refractivity contribution in [3.63, 3.8) is 0 Å². The lowest BCUT2D eigenvalue weighted by Gasteiger charge is -2.28. The maximum absolute atomic E-state index is 9.09. The van der Waals surface area contributed by atoms with Crippen LogP contribution in [0.1, 0.15) is 46.5 Å². The van der Waals surface area contributed by atoms with Crippen LogP contribution in [0.5, 0.6) is 0 Å². The van der Waals surface area contributed by atoms with Crippen LogP contribution in [0.3, 0.4) is 0 Å². The van der Waals surface area contributed by atoms with Crippen LogP contribution in [0.2, 0.25) is 0 Å². The van der Waals surface area contributed by atoms with Gasteiger partial charge < -0.3 is 10.4 Å². The number of rotatable bonds is 10. The first-order chi connectivity index (χ1) is 8.17. The molecule has 1 unspecified atom stereocenters. The number of aliphatic hydroxyl groups is 1. The van der Waals surface area contributed by atoms with Gasteiger partial charge in [-0.25, -0.2) is 0 Å². The molecule has 0 aromatic heterocycles. The van der Waals surface area contributed by atoms with Crippen LogP contribution < -0.4 is 5.32 Å². The van der Waals surface area contributed by atoms with Gasteiger partial charge in [-0.2, -0.15) is 0 Å². The third-order valence-electron chi connectivity index (χ3n) is 3.48. The van der Waals surface area contributed by atoms with Gasteiger partial charge in [-0.05, 0) is 44.7 Å². The number of hydrogen-bond donors (Lipinski definition) is 2. The number of aliphatic hydroxyl groups excluding tert-OH is 1. The van der Waals surface area contributed by atoms with Gasteiger partial charge in [0.05, 0.1) is 0 Å². The van der Waals surface area contributed by atoms with Crippen molar-refractivity contribution in [2.24, 2.45) is 5.92 Å². The Bertz CT molecular complexity index is 187. The van der Waals surface area contributed by atoms with Crippen molar-refractivity contribution in [2.75, 3.05) is 26.2 Å². The molecule has 1 atom stereocenters. The number of nitrogens with zero attached hydrogens (tertiary/aromatic N) is 1. The maximum atomic E-state index is 9.09. The molecule has 102 valence electrons. The van der Waals surface area contributed by atoms with Gasteiger partial charge in [0.2, 0.25) is 0 Å². The van der Waals surface area contributed by atoms with Crippen LogP contribution in [0.25, 0.3) is 0 Å². The highest BCUT2D eigenvalue weighted by Crippen LogP contribution is 2.27. The Morgan fingerprint density at radius 3 is 2.47 bits per heavy atom. The first-order valence-corrected chi connectivity index (χ1v) is 7.25. The minimum absolute atomic E-state index is 0.292. The average molecular weight is 242 g/mol. The van der Waals surface area contributed by atoms with Crippen LogP contribution in [-0.4, -0.2) is 48.3 Å². The van der Waals surface area contributed by atoms with Crippen LogP contribution in [0.15, 0.2) is 0 Å². The molecule has 3 heteroatoms. The van der Waals surface area contributed by atoms with Crippen LogP contribution >= 0.6 is 0 Å². The summed E-state index contributed by atoms with van der Waals surface area (Å²) in [5.41, 5.74) is 0. The van der Waals surface area contributed by atoms with Crippen molar-refractivity contribution in [2.45, 2.75) is 58.5 Å². The van der Waals surface area contributed by atoms with Gasteiger partial charge in [-0.1, -0.05) is 20.8 Å². The summed E-state index contributed by atoms with van der Waals surface area (Å²) in [6.45, 7) is 10.3. The Hall–Kier alpha value is -0.120. The molecule has 0 bridgehead atoms. The predicted octanol–water partition coefficient (Wildman–Crippen LogP) is 1.86. The summed E-state index contributed by atoms with van der Waals surface area (Å²) >= 11 is 0. The fraction of sp³-hybridized carbons (Fsp3) is 1.00. The fourth-order valence-electron chi connectivity index (χ4n) is 2.27. The highest BCUT2D eigenvalue weighted by molar-refractivity contribution is 4.87. The van der Waals surface area contributed by atoms with Crippen molar-refractivity contribution >= 4 is 0 Å². The van der Waals surface area contributed by atoms with Crippen molar-refractivity contribution in [1.82, 2.24) is 10.2 Å². The highest BCUT2D eigenvalue weighted by Gasteiger charge is 2.29. The van der Waals surface area contributed by atoms with Gasteiger partial charge in [-0.15, -0.1) is 0 Å². The summed E-state index contributed by atoms with van der Waals surface area (Å²) < 4.78 is 0. The minimum atomic E-state index is 0.292. The smallest absolute Gasteiger partial charge is 0.0446 e. The Balaban J connectivity index is 2.34. The van der Waals surface area contributed by atoms with Crippen LogP contribution in [0, 0.1) is 5.92 Å². The number of likely N-dealkylation sites (N-methyl/N-ethyl adjacent to an activating group) is 1. The SMILES string of the molecule is CCNC(CCO)CN(CCC(C)C)C1CC1. The fourth-order valence-corrected chi connectivity index (χ4v) is 2.27. The van der Waals surface area contributed by atoms with E-state index in [1.807, 2.05) is 0 Å². The molecule has 3 nitrogen and oxygen atoms in total. The molecule has 1 aliphatic rings. The summed E-state index contributed by atoms with van der Waals surface area (Å²) in [6.07, 6.45) is 4.90. The molecule has 0 radical (unpaired) electrons. The lowest BCUT2D eigenvalue weighted by Crippen LogP contribution is -2.43. The van der Waals surface area contributed by atoms with Crippen LogP contribution in [-0.2, 0) is 0 Å². The molecule has 1 fully saturated rings. The first-order valence-electron chi connectivity index (χ1n) is 7.25. The zero-order valence-electron chi connectivity index (χ0n) is 11.8. The van der Waals surface area contributed by atoms with Crippen LogP contribution in [0.4, 0.5) is 0 Å². The monoisotopic (exact) mass is 242 g/mol. The molecule has 0 heterocycles. The van der Waals surface area contributed by atoms with E-state index in [9.17, 15) is 0 Å². The van der Waals surface area contributed by atoms with Gasteiger partial charge in [-0.3, -0.25) is 4.90 Å². The molecule has 1 rings (SSSR count). The van der Waals surface area contributed by atoms with E-state index in [0.717, 1.165) is 31.5 Å². The van der Waals surface area contributed by atoms with E-state index in [1.165, 1.54) is 25.8 Å².